The second-order valence-electron chi connectivity index (χ2n) is 7.29. The van der Waals surface area contributed by atoms with Gasteiger partial charge < -0.3 is 9.80 Å². The molecule has 0 spiro atoms. The molecule has 4 rings (SSSR count). The summed E-state index contributed by atoms with van der Waals surface area (Å²) in [4.78, 5) is 16.2. The maximum absolute atomic E-state index is 4.44. The van der Waals surface area contributed by atoms with Gasteiger partial charge in [0.15, 0.2) is 0 Å². The van der Waals surface area contributed by atoms with Gasteiger partial charge >= 0.3 is 0 Å². The minimum Gasteiger partial charge on any atom is -0.354 e. The number of hydrogen-bond donors (Lipinski definition) is 0. The largest absolute Gasteiger partial charge is 0.354 e. The summed E-state index contributed by atoms with van der Waals surface area (Å²) in [6.07, 6.45) is 4.32. The second-order valence-corrected chi connectivity index (χ2v) is 7.29. The highest BCUT2D eigenvalue weighted by molar-refractivity contribution is 5.47. The summed E-state index contributed by atoms with van der Waals surface area (Å²) in [5.74, 6) is 2.64. The quantitative estimate of drug-likeness (QED) is 0.834. The van der Waals surface area contributed by atoms with Gasteiger partial charge in [-0.1, -0.05) is 0 Å². The van der Waals surface area contributed by atoms with Gasteiger partial charge in [-0.15, -0.1) is 0 Å². The molecule has 1 atom stereocenters. The standard InChI is InChI=1S/C17H27N7/c1-14-10-16(24-17(20-14)18-13-19-24)23-8-6-22(7-9-23)12-15-4-3-5-21(2)11-15/h10,13,15H,3-9,11-12H2,1-2H3. The van der Waals surface area contributed by atoms with E-state index in [1.807, 2.05) is 11.4 Å². The Morgan fingerprint density at radius 3 is 2.79 bits per heavy atom. The molecule has 2 aliphatic heterocycles. The fraction of sp³-hybridized carbons (Fsp3) is 0.706. The average Bonchev–Trinajstić information content (AvgIpc) is 3.03. The van der Waals surface area contributed by atoms with Gasteiger partial charge in [-0.3, -0.25) is 4.90 Å². The van der Waals surface area contributed by atoms with E-state index in [9.17, 15) is 0 Å². The number of rotatable bonds is 3. The van der Waals surface area contributed by atoms with E-state index in [1.54, 1.807) is 6.33 Å². The normalized spacial score (nSPS) is 23.9. The third-order valence-electron chi connectivity index (χ3n) is 5.30. The van der Waals surface area contributed by atoms with E-state index in [-0.39, 0.29) is 0 Å². The monoisotopic (exact) mass is 329 g/mol. The molecule has 0 radical (unpaired) electrons. The van der Waals surface area contributed by atoms with E-state index in [1.165, 1.54) is 32.5 Å². The number of aryl methyl sites for hydroxylation is 1. The first-order valence-electron chi connectivity index (χ1n) is 9.02. The molecule has 0 amide bonds. The molecule has 0 aromatic carbocycles. The summed E-state index contributed by atoms with van der Waals surface area (Å²) in [5, 5.41) is 4.34. The van der Waals surface area contributed by atoms with Gasteiger partial charge in [-0.2, -0.15) is 14.6 Å². The number of hydrogen-bond acceptors (Lipinski definition) is 6. The molecule has 130 valence electrons. The Balaban J connectivity index is 1.39. The number of nitrogens with zero attached hydrogens (tertiary/aromatic N) is 7. The van der Waals surface area contributed by atoms with Crippen LogP contribution in [0.4, 0.5) is 5.82 Å². The smallest absolute Gasteiger partial charge is 0.254 e. The highest BCUT2D eigenvalue weighted by Crippen LogP contribution is 2.20. The molecule has 2 aromatic heterocycles. The summed E-state index contributed by atoms with van der Waals surface area (Å²) >= 11 is 0. The topological polar surface area (TPSA) is 52.8 Å². The van der Waals surface area contributed by atoms with Gasteiger partial charge in [0.1, 0.15) is 12.1 Å². The molecule has 2 fully saturated rings. The molecule has 7 heteroatoms. The van der Waals surface area contributed by atoms with Crippen molar-refractivity contribution in [1.82, 2.24) is 29.4 Å². The van der Waals surface area contributed by atoms with Crippen LogP contribution >= 0.6 is 0 Å². The van der Waals surface area contributed by atoms with Crippen LogP contribution in [0.25, 0.3) is 5.78 Å². The number of piperidine rings is 1. The van der Waals surface area contributed by atoms with Crippen molar-refractivity contribution in [1.29, 1.82) is 0 Å². The van der Waals surface area contributed by atoms with Crippen molar-refractivity contribution in [2.75, 3.05) is 57.8 Å². The van der Waals surface area contributed by atoms with Crippen LogP contribution in [0.1, 0.15) is 18.5 Å². The van der Waals surface area contributed by atoms with E-state index < -0.39 is 0 Å². The third kappa shape index (κ3) is 3.23. The molecule has 7 nitrogen and oxygen atoms in total. The first-order valence-corrected chi connectivity index (χ1v) is 9.02. The summed E-state index contributed by atoms with van der Waals surface area (Å²) in [6.45, 7) is 10.1. The van der Waals surface area contributed by atoms with Crippen LogP contribution in [0.15, 0.2) is 12.4 Å². The maximum atomic E-state index is 4.44. The molecule has 4 heterocycles. The van der Waals surface area contributed by atoms with E-state index in [0.717, 1.165) is 43.6 Å². The molecule has 0 N–H and O–H groups in total. The van der Waals surface area contributed by atoms with Gasteiger partial charge in [0, 0.05) is 51.0 Å². The Hall–Kier alpha value is -1.73. The predicted octanol–water partition coefficient (Wildman–Crippen LogP) is 0.897. The minimum atomic E-state index is 0.692. The van der Waals surface area contributed by atoms with Crippen LogP contribution in [0.3, 0.4) is 0 Å². The summed E-state index contributed by atoms with van der Waals surface area (Å²) in [6, 6.07) is 2.12. The van der Waals surface area contributed by atoms with Gasteiger partial charge in [-0.05, 0) is 39.3 Å². The molecule has 0 bridgehead atoms. The van der Waals surface area contributed by atoms with E-state index >= 15 is 0 Å². The highest BCUT2D eigenvalue weighted by atomic mass is 15.4. The number of aromatic nitrogens is 4. The Kier molecular flexibility index (Phi) is 4.37. The van der Waals surface area contributed by atoms with Crippen LogP contribution in [0, 0.1) is 12.8 Å². The fourth-order valence-corrected chi connectivity index (χ4v) is 4.08. The first kappa shape index (κ1) is 15.8. The van der Waals surface area contributed by atoms with Gasteiger partial charge in [-0.25, -0.2) is 4.98 Å². The lowest BCUT2D eigenvalue weighted by Crippen LogP contribution is -2.49. The zero-order valence-electron chi connectivity index (χ0n) is 14.7. The van der Waals surface area contributed by atoms with Crippen molar-refractivity contribution in [3.8, 4) is 0 Å². The predicted molar refractivity (Wildman–Crippen MR) is 94.4 cm³/mol. The van der Waals surface area contributed by atoms with Gasteiger partial charge in [0.2, 0.25) is 0 Å². The molecule has 1 unspecified atom stereocenters. The molecule has 24 heavy (non-hydrogen) atoms. The van der Waals surface area contributed by atoms with Gasteiger partial charge in [0.05, 0.1) is 0 Å². The average molecular weight is 329 g/mol. The van der Waals surface area contributed by atoms with Crippen LogP contribution in [0.5, 0.6) is 0 Å². The van der Waals surface area contributed by atoms with Crippen LogP contribution in [-0.2, 0) is 0 Å². The van der Waals surface area contributed by atoms with Crippen LogP contribution in [0.2, 0.25) is 0 Å². The van der Waals surface area contributed by atoms with Crippen molar-refractivity contribution >= 4 is 11.6 Å². The van der Waals surface area contributed by atoms with E-state index in [0.29, 0.717) is 5.78 Å². The van der Waals surface area contributed by atoms with Crippen molar-refractivity contribution in [2.45, 2.75) is 19.8 Å². The summed E-state index contributed by atoms with van der Waals surface area (Å²) < 4.78 is 1.86. The Morgan fingerprint density at radius 2 is 2.00 bits per heavy atom. The maximum Gasteiger partial charge on any atom is 0.254 e. The molecular formula is C17H27N7. The number of piperazine rings is 1. The van der Waals surface area contributed by atoms with E-state index in [2.05, 4.69) is 42.9 Å². The zero-order valence-corrected chi connectivity index (χ0v) is 14.7. The SMILES string of the molecule is Cc1cc(N2CCN(CC3CCCN(C)C3)CC2)n2ncnc2n1. The molecular weight excluding hydrogens is 302 g/mol. The van der Waals surface area contributed by atoms with Crippen molar-refractivity contribution in [2.24, 2.45) is 5.92 Å². The molecule has 2 aliphatic rings. The minimum absolute atomic E-state index is 0.692. The van der Waals surface area contributed by atoms with Crippen molar-refractivity contribution in [3.63, 3.8) is 0 Å². The third-order valence-corrected chi connectivity index (χ3v) is 5.30. The van der Waals surface area contributed by atoms with Gasteiger partial charge in [0.25, 0.3) is 5.78 Å². The van der Waals surface area contributed by atoms with Crippen molar-refractivity contribution in [3.05, 3.63) is 18.1 Å². The van der Waals surface area contributed by atoms with E-state index in [4.69, 9.17) is 0 Å². The molecule has 2 saturated heterocycles. The Labute approximate surface area is 143 Å². The molecule has 0 aliphatic carbocycles. The second kappa shape index (κ2) is 6.64. The molecule has 0 saturated carbocycles. The lowest BCUT2D eigenvalue weighted by Gasteiger charge is -2.39. The number of likely N-dealkylation sites (tertiary alicyclic amines) is 1. The fourth-order valence-electron chi connectivity index (χ4n) is 4.08. The van der Waals surface area contributed by atoms with Crippen LogP contribution in [-0.4, -0.2) is 82.2 Å². The summed E-state index contributed by atoms with van der Waals surface area (Å²) in [5.41, 5.74) is 0.998. The number of anilines is 1. The lowest BCUT2D eigenvalue weighted by atomic mass is 9.97. The number of fused-ring (bicyclic) bond motifs is 1. The highest BCUT2D eigenvalue weighted by Gasteiger charge is 2.24. The molecule has 2 aromatic rings. The lowest BCUT2D eigenvalue weighted by molar-refractivity contribution is 0.147. The Bertz CT molecular complexity index is 689. The first-order chi connectivity index (χ1) is 11.7. The summed E-state index contributed by atoms with van der Waals surface area (Å²) in [7, 11) is 2.25. The van der Waals surface area contributed by atoms with Crippen LogP contribution < -0.4 is 4.90 Å². The zero-order chi connectivity index (χ0) is 16.5. The van der Waals surface area contributed by atoms with Crippen molar-refractivity contribution < 1.29 is 0 Å². The Morgan fingerprint density at radius 1 is 1.17 bits per heavy atom.